The average Bonchev–Trinajstić information content (AvgIpc) is 2.64. The van der Waals surface area contributed by atoms with Crippen LogP contribution >= 0.6 is 0 Å². The summed E-state index contributed by atoms with van der Waals surface area (Å²) in [6.45, 7) is 13.4. The minimum absolute atomic E-state index is 0.177. The lowest BCUT2D eigenvalue weighted by molar-refractivity contribution is 0.628. The van der Waals surface area contributed by atoms with Gasteiger partial charge in [-0.3, -0.25) is 4.98 Å². The SMILES string of the molecule is CCCCCCc1c(C(C)C)nc(C(C)C)c(CC)c1-c1ccc(F)cc1. The Morgan fingerprint density at radius 1 is 0.815 bits per heavy atom. The molecule has 2 rings (SSSR count). The fourth-order valence-corrected chi connectivity index (χ4v) is 3.96. The minimum atomic E-state index is -0.177. The maximum absolute atomic E-state index is 13.6. The number of aromatic nitrogens is 1. The normalized spacial score (nSPS) is 11.6. The van der Waals surface area contributed by atoms with E-state index in [9.17, 15) is 4.39 Å². The van der Waals surface area contributed by atoms with Crippen LogP contribution in [0.5, 0.6) is 0 Å². The van der Waals surface area contributed by atoms with Crippen LogP contribution in [0.1, 0.15) is 102 Å². The van der Waals surface area contributed by atoms with Crippen LogP contribution in [-0.2, 0) is 12.8 Å². The number of nitrogens with zero attached hydrogens (tertiary/aromatic N) is 1. The average molecular weight is 370 g/mol. The second-order valence-corrected chi connectivity index (χ2v) is 8.19. The highest BCUT2D eigenvalue weighted by molar-refractivity contribution is 5.73. The summed E-state index contributed by atoms with van der Waals surface area (Å²) >= 11 is 0. The predicted molar refractivity (Wildman–Crippen MR) is 115 cm³/mol. The number of benzene rings is 1. The minimum Gasteiger partial charge on any atom is -0.257 e. The first-order valence-corrected chi connectivity index (χ1v) is 10.7. The molecule has 27 heavy (non-hydrogen) atoms. The van der Waals surface area contributed by atoms with Gasteiger partial charge in [-0.05, 0) is 65.5 Å². The molecule has 0 fully saturated rings. The van der Waals surface area contributed by atoms with E-state index < -0.39 is 0 Å². The molecule has 148 valence electrons. The van der Waals surface area contributed by atoms with Crippen LogP contribution in [0.3, 0.4) is 0 Å². The van der Waals surface area contributed by atoms with Crippen LogP contribution in [0, 0.1) is 5.82 Å². The summed E-state index contributed by atoms with van der Waals surface area (Å²) in [5.41, 5.74) is 7.60. The van der Waals surface area contributed by atoms with Crippen molar-refractivity contribution < 1.29 is 4.39 Å². The monoisotopic (exact) mass is 369 g/mol. The van der Waals surface area contributed by atoms with E-state index in [-0.39, 0.29) is 5.82 Å². The molecule has 0 N–H and O–H groups in total. The molecule has 0 radical (unpaired) electrons. The zero-order chi connectivity index (χ0) is 20.0. The van der Waals surface area contributed by atoms with Crippen LogP contribution < -0.4 is 0 Å². The summed E-state index contributed by atoms with van der Waals surface area (Å²) in [4.78, 5) is 5.17. The van der Waals surface area contributed by atoms with Crippen molar-refractivity contribution in [3.63, 3.8) is 0 Å². The molecule has 0 aliphatic carbocycles. The molecule has 2 heteroatoms. The molecule has 0 amide bonds. The second kappa shape index (κ2) is 10.0. The number of hydrogen-bond donors (Lipinski definition) is 0. The van der Waals surface area contributed by atoms with Gasteiger partial charge in [-0.15, -0.1) is 0 Å². The van der Waals surface area contributed by atoms with E-state index >= 15 is 0 Å². The van der Waals surface area contributed by atoms with Crippen LogP contribution in [0.2, 0.25) is 0 Å². The molecule has 0 bridgehead atoms. The maximum Gasteiger partial charge on any atom is 0.123 e. The van der Waals surface area contributed by atoms with E-state index in [4.69, 9.17) is 4.98 Å². The van der Waals surface area contributed by atoms with Gasteiger partial charge in [0.05, 0.1) is 0 Å². The molecular weight excluding hydrogens is 333 g/mol. The molecule has 0 aliphatic rings. The van der Waals surface area contributed by atoms with Crippen molar-refractivity contribution in [1.29, 1.82) is 0 Å². The lowest BCUT2D eigenvalue weighted by atomic mass is 9.84. The molecular formula is C25H36FN. The molecule has 1 nitrogen and oxygen atoms in total. The summed E-state index contributed by atoms with van der Waals surface area (Å²) in [7, 11) is 0. The molecule has 0 aliphatic heterocycles. The first-order chi connectivity index (χ1) is 12.9. The molecule has 1 aromatic carbocycles. The van der Waals surface area contributed by atoms with Crippen LogP contribution in [-0.4, -0.2) is 4.98 Å². The number of hydrogen-bond acceptors (Lipinski definition) is 1. The van der Waals surface area contributed by atoms with E-state index in [0.29, 0.717) is 11.8 Å². The Balaban J connectivity index is 2.70. The number of rotatable bonds is 9. The summed E-state index contributed by atoms with van der Waals surface area (Å²) in [5, 5.41) is 0. The van der Waals surface area contributed by atoms with Gasteiger partial charge < -0.3 is 0 Å². The topological polar surface area (TPSA) is 12.9 Å². The van der Waals surface area contributed by atoms with Gasteiger partial charge in [-0.1, -0.05) is 72.9 Å². The van der Waals surface area contributed by atoms with E-state index in [1.165, 1.54) is 53.8 Å². The molecule has 0 atom stereocenters. The summed E-state index contributed by atoms with van der Waals surface area (Å²) in [6.07, 6.45) is 6.97. The van der Waals surface area contributed by atoms with Gasteiger partial charge in [0.15, 0.2) is 0 Å². The quantitative estimate of drug-likeness (QED) is 0.410. The lowest BCUT2D eigenvalue weighted by Crippen LogP contribution is -2.12. The Bertz CT molecular complexity index is 729. The van der Waals surface area contributed by atoms with E-state index in [1.54, 1.807) is 12.1 Å². The smallest absolute Gasteiger partial charge is 0.123 e. The van der Waals surface area contributed by atoms with Crippen molar-refractivity contribution in [1.82, 2.24) is 4.98 Å². The zero-order valence-electron chi connectivity index (χ0n) is 18.0. The zero-order valence-corrected chi connectivity index (χ0v) is 18.0. The van der Waals surface area contributed by atoms with E-state index in [2.05, 4.69) is 41.5 Å². The fraction of sp³-hybridized carbons (Fsp3) is 0.560. The summed E-state index contributed by atoms with van der Waals surface area (Å²) in [5.74, 6) is 0.586. The lowest BCUT2D eigenvalue weighted by Gasteiger charge is -2.24. The van der Waals surface area contributed by atoms with Crippen LogP contribution in [0.25, 0.3) is 11.1 Å². The standard InChI is InChI=1S/C25H36FN/c1-7-9-10-11-12-22-23(19-13-15-20(26)16-14-19)21(8-2)24(17(3)4)27-25(22)18(5)6/h13-18H,7-12H2,1-6H3. The Hall–Kier alpha value is -1.70. The Kier molecular flexibility index (Phi) is 8.01. The fourth-order valence-electron chi connectivity index (χ4n) is 3.96. The first kappa shape index (κ1) is 21.6. The van der Waals surface area contributed by atoms with E-state index in [0.717, 1.165) is 18.4 Å². The number of unbranched alkanes of at least 4 members (excludes halogenated alkanes) is 3. The molecule has 0 saturated heterocycles. The molecule has 0 saturated carbocycles. The molecule has 1 heterocycles. The third kappa shape index (κ3) is 5.18. The Morgan fingerprint density at radius 2 is 1.41 bits per heavy atom. The highest BCUT2D eigenvalue weighted by Crippen LogP contribution is 2.37. The van der Waals surface area contributed by atoms with Crippen molar-refractivity contribution in [2.45, 2.75) is 91.9 Å². The molecule has 2 aromatic rings. The second-order valence-electron chi connectivity index (χ2n) is 8.19. The number of pyridine rings is 1. The first-order valence-electron chi connectivity index (χ1n) is 10.7. The van der Waals surface area contributed by atoms with Crippen molar-refractivity contribution in [2.24, 2.45) is 0 Å². The maximum atomic E-state index is 13.6. The number of halogens is 1. The van der Waals surface area contributed by atoms with Crippen molar-refractivity contribution >= 4 is 0 Å². The van der Waals surface area contributed by atoms with Gasteiger partial charge in [0.2, 0.25) is 0 Å². The van der Waals surface area contributed by atoms with Gasteiger partial charge in [-0.25, -0.2) is 4.39 Å². The Labute approximate surface area is 165 Å². The van der Waals surface area contributed by atoms with Crippen LogP contribution in [0.15, 0.2) is 24.3 Å². The van der Waals surface area contributed by atoms with Gasteiger partial charge >= 0.3 is 0 Å². The summed E-state index contributed by atoms with van der Waals surface area (Å²) in [6, 6.07) is 7.04. The van der Waals surface area contributed by atoms with Crippen molar-refractivity contribution in [2.75, 3.05) is 0 Å². The third-order valence-electron chi connectivity index (χ3n) is 5.32. The largest absolute Gasteiger partial charge is 0.257 e. The Morgan fingerprint density at radius 3 is 1.93 bits per heavy atom. The van der Waals surface area contributed by atoms with Crippen LogP contribution in [0.4, 0.5) is 4.39 Å². The molecule has 0 unspecified atom stereocenters. The van der Waals surface area contributed by atoms with Gasteiger partial charge in [0, 0.05) is 11.4 Å². The van der Waals surface area contributed by atoms with Crippen molar-refractivity contribution in [3.05, 3.63) is 52.6 Å². The van der Waals surface area contributed by atoms with Gasteiger partial charge in [0.1, 0.15) is 5.82 Å². The third-order valence-corrected chi connectivity index (χ3v) is 5.32. The van der Waals surface area contributed by atoms with E-state index in [1.807, 2.05) is 12.1 Å². The highest BCUT2D eigenvalue weighted by atomic mass is 19.1. The molecule has 1 aromatic heterocycles. The predicted octanol–water partition coefficient (Wildman–Crippen LogP) is 7.82. The van der Waals surface area contributed by atoms with Crippen molar-refractivity contribution in [3.8, 4) is 11.1 Å². The van der Waals surface area contributed by atoms with Gasteiger partial charge in [-0.2, -0.15) is 0 Å². The summed E-state index contributed by atoms with van der Waals surface area (Å²) < 4.78 is 13.6. The van der Waals surface area contributed by atoms with Gasteiger partial charge in [0.25, 0.3) is 0 Å². The highest BCUT2D eigenvalue weighted by Gasteiger charge is 2.22. The molecule has 0 spiro atoms.